The largest absolute Gasteiger partial charge is 0.291 e. The van der Waals surface area contributed by atoms with Crippen molar-refractivity contribution in [2.45, 2.75) is 4.71 Å². The number of non-ortho nitro benzene ring substituents is 1. The molecule has 1 aromatic carbocycles. The van der Waals surface area contributed by atoms with Gasteiger partial charge >= 0.3 is 0 Å². The zero-order valence-electron chi connectivity index (χ0n) is 8.66. The average molecular weight is 278 g/mol. The Kier molecular flexibility index (Phi) is 3.84. The van der Waals surface area contributed by atoms with Crippen LogP contribution >= 0.6 is 11.6 Å². The van der Waals surface area contributed by atoms with E-state index in [9.17, 15) is 23.3 Å². The van der Waals surface area contributed by atoms with Gasteiger partial charge in [0, 0.05) is 24.0 Å². The van der Waals surface area contributed by atoms with E-state index < -0.39 is 25.3 Å². The topological polar surface area (TPSA) is 94.3 Å². The third-order valence-electron chi connectivity index (χ3n) is 1.94. The summed E-state index contributed by atoms with van der Waals surface area (Å²) < 4.78 is 20.4. The van der Waals surface area contributed by atoms with Crippen molar-refractivity contribution in [3.63, 3.8) is 0 Å². The van der Waals surface area contributed by atoms with Gasteiger partial charge in [-0.1, -0.05) is 11.6 Å². The Hall–Kier alpha value is -1.47. The van der Waals surface area contributed by atoms with Gasteiger partial charge in [-0.05, 0) is 12.1 Å². The van der Waals surface area contributed by atoms with Gasteiger partial charge in [0.05, 0.1) is 4.92 Å². The van der Waals surface area contributed by atoms with Crippen LogP contribution < -0.4 is 0 Å². The fourth-order valence-corrected chi connectivity index (χ4v) is 1.72. The van der Waals surface area contributed by atoms with Gasteiger partial charge < -0.3 is 0 Å². The van der Waals surface area contributed by atoms with E-state index in [0.29, 0.717) is 0 Å². The van der Waals surface area contributed by atoms with Crippen LogP contribution in [0, 0.1) is 10.1 Å². The first kappa shape index (κ1) is 13.6. The zero-order chi connectivity index (χ0) is 13.2. The van der Waals surface area contributed by atoms with Crippen molar-refractivity contribution in [3.8, 4) is 0 Å². The number of carbonyl (C=O) groups excluding carboxylic acids is 1. The first-order valence-corrected chi connectivity index (χ1v) is 6.74. The van der Waals surface area contributed by atoms with Crippen molar-refractivity contribution in [2.75, 3.05) is 6.26 Å². The smallest absolute Gasteiger partial charge is 0.269 e. The maximum absolute atomic E-state index is 11.6. The summed E-state index contributed by atoms with van der Waals surface area (Å²) in [5, 5.41) is 10.4. The Morgan fingerprint density at radius 1 is 1.35 bits per heavy atom. The number of hydrogen-bond acceptors (Lipinski definition) is 5. The molecule has 6 nitrogen and oxygen atoms in total. The summed E-state index contributed by atoms with van der Waals surface area (Å²) in [4.78, 5) is 21.3. The van der Waals surface area contributed by atoms with Crippen molar-refractivity contribution in [2.24, 2.45) is 0 Å². The van der Waals surface area contributed by atoms with Crippen molar-refractivity contribution >= 4 is 32.9 Å². The number of nitro benzene ring substituents is 1. The van der Waals surface area contributed by atoms with E-state index in [4.69, 9.17) is 11.6 Å². The molecule has 0 radical (unpaired) electrons. The van der Waals surface area contributed by atoms with Crippen LogP contribution in [0.15, 0.2) is 24.3 Å². The molecule has 0 aromatic heterocycles. The first-order valence-electron chi connectivity index (χ1n) is 4.35. The van der Waals surface area contributed by atoms with E-state index in [-0.39, 0.29) is 11.3 Å². The van der Waals surface area contributed by atoms with Crippen LogP contribution in [-0.2, 0) is 9.84 Å². The molecule has 92 valence electrons. The lowest BCUT2D eigenvalue weighted by Crippen LogP contribution is -2.23. The van der Waals surface area contributed by atoms with Gasteiger partial charge in [-0.2, -0.15) is 0 Å². The monoisotopic (exact) mass is 277 g/mol. The maximum atomic E-state index is 11.6. The SMILES string of the molecule is CS(=O)(=O)C(Cl)C(=O)c1ccc([N+](=O)[O-])cc1. The molecule has 1 aromatic rings. The average Bonchev–Trinajstić information content (AvgIpc) is 2.26. The second kappa shape index (κ2) is 4.80. The van der Waals surface area contributed by atoms with E-state index in [2.05, 4.69) is 0 Å². The molecule has 0 aliphatic heterocycles. The van der Waals surface area contributed by atoms with Crippen LogP contribution in [0.25, 0.3) is 0 Å². The molecule has 0 heterocycles. The summed E-state index contributed by atoms with van der Waals surface area (Å²) in [6, 6.07) is 4.56. The molecule has 0 spiro atoms. The molecule has 0 amide bonds. The lowest BCUT2D eigenvalue weighted by atomic mass is 10.1. The van der Waals surface area contributed by atoms with Gasteiger partial charge in [0.25, 0.3) is 5.69 Å². The molecule has 1 rings (SSSR count). The quantitative estimate of drug-likeness (QED) is 0.359. The summed E-state index contributed by atoms with van der Waals surface area (Å²) in [7, 11) is -3.69. The number of sulfone groups is 1. The van der Waals surface area contributed by atoms with Crippen LogP contribution in [0.5, 0.6) is 0 Å². The number of ketones is 1. The number of nitrogens with zero attached hydrogens (tertiary/aromatic N) is 1. The predicted octanol–water partition coefficient (Wildman–Crippen LogP) is 1.39. The number of alkyl halides is 1. The number of halogens is 1. The summed E-state index contributed by atoms with van der Waals surface area (Å²) in [6.07, 6.45) is 0.841. The van der Waals surface area contributed by atoms with Crippen molar-refractivity contribution in [1.82, 2.24) is 0 Å². The zero-order valence-corrected chi connectivity index (χ0v) is 10.2. The van der Waals surface area contributed by atoms with E-state index in [1.165, 1.54) is 12.1 Å². The van der Waals surface area contributed by atoms with Gasteiger partial charge in [-0.3, -0.25) is 14.9 Å². The number of hydrogen-bond donors (Lipinski definition) is 0. The fraction of sp³-hybridized carbons (Fsp3) is 0.222. The third-order valence-corrected chi connectivity index (χ3v) is 4.08. The fourth-order valence-electron chi connectivity index (χ4n) is 1.07. The Bertz CT molecular complexity index is 551. The Balaban J connectivity index is 3.03. The molecule has 17 heavy (non-hydrogen) atoms. The van der Waals surface area contributed by atoms with Crippen LogP contribution in [0.1, 0.15) is 10.4 Å². The third kappa shape index (κ3) is 3.24. The van der Waals surface area contributed by atoms with Crippen LogP contribution in [0.3, 0.4) is 0 Å². The van der Waals surface area contributed by atoms with E-state index in [1.807, 2.05) is 0 Å². The second-order valence-electron chi connectivity index (χ2n) is 3.31. The second-order valence-corrected chi connectivity index (χ2v) is 6.14. The Morgan fingerprint density at radius 3 is 2.18 bits per heavy atom. The molecule has 0 saturated heterocycles. The minimum Gasteiger partial charge on any atom is -0.291 e. The number of carbonyl (C=O) groups is 1. The highest BCUT2D eigenvalue weighted by Crippen LogP contribution is 2.17. The minimum absolute atomic E-state index is 0.0148. The number of nitro groups is 1. The van der Waals surface area contributed by atoms with Crippen LogP contribution in [-0.4, -0.2) is 30.1 Å². The molecule has 1 atom stereocenters. The summed E-state index contributed by atoms with van der Waals surface area (Å²) in [5.41, 5.74) is -0.173. The molecule has 0 N–H and O–H groups in total. The van der Waals surface area contributed by atoms with E-state index >= 15 is 0 Å². The van der Waals surface area contributed by atoms with Gasteiger partial charge in [0.2, 0.25) is 0 Å². The predicted molar refractivity (Wildman–Crippen MR) is 61.9 cm³/mol. The van der Waals surface area contributed by atoms with Gasteiger partial charge in [0.1, 0.15) is 0 Å². The standard InChI is InChI=1S/C9H8ClNO5S/c1-17(15,16)9(10)8(12)6-2-4-7(5-3-6)11(13)14/h2-5,9H,1H3. The number of rotatable bonds is 4. The highest BCUT2D eigenvalue weighted by atomic mass is 35.5. The van der Waals surface area contributed by atoms with Crippen molar-refractivity contribution < 1.29 is 18.1 Å². The Morgan fingerprint density at radius 2 is 1.82 bits per heavy atom. The summed E-state index contributed by atoms with van der Waals surface area (Å²) in [5.74, 6) is -0.802. The highest BCUT2D eigenvalue weighted by Gasteiger charge is 2.27. The Labute approximate surface area is 102 Å². The molecule has 1 unspecified atom stereocenters. The maximum Gasteiger partial charge on any atom is 0.269 e. The van der Waals surface area contributed by atoms with E-state index in [0.717, 1.165) is 18.4 Å². The lowest BCUT2D eigenvalue weighted by Gasteiger charge is -2.05. The number of benzene rings is 1. The molecule has 8 heteroatoms. The van der Waals surface area contributed by atoms with Gasteiger partial charge in [-0.25, -0.2) is 8.42 Å². The van der Waals surface area contributed by atoms with Crippen LogP contribution in [0.2, 0.25) is 0 Å². The molecular formula is C9H8ClNO5S. The molecule has 0 bridgehead atoms. The minimum atomic E-state index is -3.69. The highest BCUT2D eigenvalue weighted by molar-refractivity contribution is 7.93. The normalized spacial score (nSPS) is 13.1. The van der Waals surface area contributed by atoms with Crippen molar-refractivity contribution in [1.29, 1.82) is 0 Å². The first-order chi connectivity index (χ1) is 7.73. The molecule has 0 saturated carbocycles. The van der Waals surface area contributed by atoms with Gasteiger partial charge in [0.15, 0.2) is 20.3 Å². The summed E-state index contributed by atoms with van der Waals surface area (Å²) in [6.45, 7) is 0. The van der Waals surface area contributed by atoms with E-state index in [1.54, 1.807) is 0 Å². The molecule has 0 aliphatic rings. The molecule has 0 fully saturated rings. The van der Waals surface area contributed by atoms with Crippen LogP contribution in [0.4, 0.5) is 5.69 Å². The van der Waals surface area contributed by atoms with Gasteiger partial charge in [-0.15, -0.1) is 0 Å². The molecule has 0 aliphatic carbocycles. The number of Topliss-reactive ketones (excluding diaryl/α,β-unsaturated/α-hetero) is 1. The summed E-state index contributed by atoms with van der Waals surface area (Å²) >= 11 is 5.47. The molecular weight excluding hydrogens is 270 g/mol. The lowest BCUT2D eigenvalue weighted by molar-refractivity contribution is -0.384. The van der Waals surface area contributed by atoms with Crippen molar-refractivity contribution in [3.05, 3.63) is 39.9 Å².